The Balaban J connectivity index is 0.000000167. The van der Waals surface area contributed by atoms with Crippen LogP contribution in [-0.2, 0) is 25.9 Å². The summed E-state index contributed by atoms with van der Waals surface area (Å²) in [6.45, 7) is 16.4. The largest absolute Gasteiger partial charge is 0.369 e. The van der Waals surface area contributed by atoms with E-state index < -0.39 is 11.6 Å². The number of carbonyl (C=O) groups is 2. The molecular formula is C44H56F2N6O2. The Labute approximate surface area is 319 Å². The predicted molar refractivity (Wildman–Crippen MR) is 212 cm³/mol. The molecule has 0 amide bonds. The molecule has 0 spiro atoms. The van der Waals surface area contributed by atoms with Gasteiger partial charge in [-0.2, -0.15) is 0 Å². The second kappa shape index (κ2) is 17.5. The summed E-state index contributed by atoms with van der Waals surface area (Å²) in [5.41, 5.74) is 9.20. The van der Waals surface area contributed by atoms with Gasteiger partial charge in [-0.25, -0.2) is 8.78 Å². The highest BCUT2D eigenvalue weighted by Gasteiger charge is 2.23. The van der Waals surface area contributed by atoms with E-state index >= 15 is 0 Å². The Bertz CT molecular complexity index is 1920. The van der Waals surface area contributed by atoms with E-state index in [0.717, 1.165) is 121 Å². The van der Waals surface area contributed by atoms with Crippen LogP contribution in [0, 0.1) is 25.5 Å². The van der Waals surface area contributed by atoms with E-state index in [0.29, 0.717) is 12.2 Å². The Morgan fingerprint density at radius 2 is 1.04 bits per heavy atom. The Hall–Kier alpha value is -4.28. The maximum Gasteiger partial charge on any atom is 0.164 e. The molecule has 2 aromatic heterocycles. The molecule has 4 aliphatic rings. The molecule has 0 saturated carbocycles. The van der Waals surface area contributed by atoms with Gasteiger partial charge in [-0.05, 0) is 106 Å². The maximum absolute atomic E-state index is 13.4. The number of hydrogen-bond donors (Lipinski definition) is 0. The molecule has 4 heterocycles. The van der Waals surface area contributed by atoms with E-state index in [9.17, 15) is 18.4 Å². The molecular weight excluding hydrogens is 683 g/mol. The molecule has 2 aromatic carbocycles. The highest BCUT2D eigenvalue weighted by Crippen LogP contribution is 2.25. The van der Waals surface area contributed by atoms with Gasteiger partial charge in [-0.3, -0.25) is 19.4 Å². The molecule has 2 saturated heterocycles. The summed E-state index contributed by atoms with van der Waals surface area (Å²) in [6, 6.07) is 14.9. The monoisotopic (exact) mass is 738 g/mol. The molecule has 8 nitrogen and oxygen atoms in total. The number of anilines is 2. The van der Waals surface area contributed by atoms with E-state index in [4.69, 9.17) is 0 Å². The molecule has 54 heavy (non-hydrogen) atoms. The van der Waals surface area contributed by atoms with E-state index in [1.807, 2.05) is 18.3 Å². The quantitative estimate of drug-likeness (QED) is 0.159. The minimum Gasteiger partial charge on any atom is -0.369 e. The van der Waals surface area contributed by atoms with Gasteiger partial charge in [0, 0.05) is 137 Å². The molecule has 0 N–H and O–H groups in total. The van der Waals surface area contributed by atoms with Crippen molar-refractivity contribution in [2.75, 3.05) is 75.2 Å². The molecule has 0 unspecified atom stereocenters. The fourth-order valence-electron chi connectivity index (χ4n) is 8.53. The van der Waals surface area contributed by atoms with Crippen molar-refractivity contribution < 1.29 is 18.4 Å². The van der Waals surface area contributed by atoms with Crippen molar-refractivity contribution in [3.63, 3.8) is 0 Å². The van der Waals surface area contributed by atoms with Crippen molar-refractivity contribution in [1.29, 1.82) is 0 Å². The van der Waals surface area contributed by atoms with E-state index in [1.165, 1.54) is 59.7 Å². The molecule has 10 heteroatoms. The maximum atomic E-state index is 13.4. The third-order valence-corrected chi connectivity index (χ3v) is 12.0. The lowest BCUT2D eigenvalue weighted by atomic mass is 9.97. The van der Waals surface area contributed by atoms with Crippen LogP contribution in [0.5, 0.6) is 0 Å². The first-order valence-electron chi connectivity index (χ1n) is 20.1. The number of unbranched alkanes of at least 4 members (excludes halogenated alkanes) is 1. The molecule has 8 rings (SSSR count). The number of rotatable bonds is 10. The summed E-state index contributed by atoms with van der Waals surface area (Å²) in [5, 5.41) is 0. The van der Waals surface area contributed by atoms with Gasteiger partial charge in [0.1, 0.15) is 0 Å². The fraction of sp³-hybridized carbons (Fsp3) is 0.500. The SMILES string of the molecule is Cc1ccc(N2CCN(CCCCn3ccc4c3CCCC4=O)CC2)cc1C.O=C1CCCc2c1ccn2CCN1CCN(c2ccc(F)c(F)c2)CC1. The predicted octanol–water partition coefficient (Wildman–Crippen LogP) is 7.33. The van der Waals surface area contributed by atoms with Crippen LogP contribution in [0.2, 0.25) is 0 Å². The van der Waals surface area contributed by atoms with E-state index in [1.54, 1.807) is 6.07 Å². The number of nitrogens with zero attached hydrogens (tertiary/aromatic N) is 6. The number of aromatic nitrogens is 2. The molecule has 2 fully saturated rings. The molecule has 0 bridgehead atoms. The van der Waals surface area contributed by atoms with Crippen molar-refractivity contribution >= 4 is 22.9 Å². The minimum atomic E-state index is -0.805. The third kappa shape index (κ3) is 8.98. The molecule has 2 aliphatic heterocycles. The van der Waals surface area contributed by atoms with Crippen molar-refractivity contribution in [2.24, 2.45) is 0 Å². The normalized spacial score (nSPS) is 18.0. The number of ketones is 2. The zero-order chi connectivity index (χ0) is 37.6. The smallest absolute Gasteiger partial charge is 0.164 e. The number of Topliss-reactive ketones (excluding diaryl/α,β-unsaturated/α-hetero) is 2. The highest BCUT2D eigenvalue weighted by molar-refractivity contribution is 5.98. The minimum absolute atomic E-state index is 0.269. The number of carbonyl (C=O) groups excluding carboxylic acids is 2. The van der Waals surface area contributed by atoms with Crippen LogP contribution in [-0.4, -0.2) is 95.9 Å². The second-order valence-electron chi connectivity index (χ2n) is 15.5. The third-order valence-electron chi connectivity index (χ3n) is 12.0. The van der Waals surface area contributed by atoms with Crippen molar-refractivity contribution in [2.45, 2.75) is 78.3 Å². The van der Waals surface area contributed by atoms with Crippen molar-refractivity contribution in [3.05, 3.63) is 106 Å². The topological polar surface area (TPSA) is 57.0 Å². The number of hydrogen-bond acceptors (Lipinski definition) is 6. The Kier molecular flexibility index (Phi) is 12.3. The van der Waals surface area contributed by atoms with Crippen LogP contribution < -0.4 is 9.80 Å². The number of fused-ring (bicyclic) bond motifs is 2. The summed E-state index contributed by atoms with van der Waals surface area (Å²) in [6.07, 6.45) is 12.0. The average Bonchev–Trinajstić information content (AvgIpc) is 3.81. The van der Waals surface area contributed by atoms with Crippen LogP contribution in [0.4, 0.5) is 20.2 Å². The zero-order valence-electron chi connectivity index (χ0n) is 32.2. The molecule has 4 aromatic rings. The molecule has 0 atom stereocenters. The summed E-state index contributed by atoms with van der Waals surface area (Å²) in [7, 11) is 0. The first-order valence-corrected chi connectivity index (χ1v) is 20.1. The lowest BCUT2D eigenvalue weighted by molar-refractivity contribution is 0.0963. The summed E-state index contributed by atoms with van der Waals surface area (Å²) < 4.78 is 31.0. The molecule has 2 aliphatic carbocycles. The van der Waals surface area contributed by atoms with Gasteiger partial charge >= 0.3 is 0 Å². The summed E-state index contributed by atoms with van der Waals surface area (Å²) in [5.74, 6) is -0.996. The number of piperazine rings is 2. The zero-order valence-corrected chi connectivity index (χ0v) is 32.2. The Morgan fingerprint density at radius 1 is 0.519 bits per heavy atom. The van der Waals surface area contributed by atoms with Gasteiger partial charge < -0.3 is 18.9 Å². The van der Waals surface area contributed by atoms with Crippen LogP contribution in [0.3, 0.4) is 0 Å². The van der Waals surface area contributed by atoms with E-state index in [2.05, 4.69) is 67.0 Å². The average molecular weight is 739 g/mol. The molecule has 0 radical (unpaired) electrons. The first-order chi connectivity index (χ1) is 26.2. The van der Waals surface area contributed by atoms with Crippen LogP contribution >= 0.6 is 0 Å². The van der Waals surface area contributed by atoms with E-state index in [-0.39, 0.29) is 5.78 Å². The number of benzene rings is 2. The number of aryl methyl sites for hydroxylation is 3. The summed E-state index contributed by atoms with van der Waals surface area (Å²) in [4.78, 5) is 33.5. The fourth-order valence-corrected chi connectivity index (χ4v) is 8.53. The van der Waals surface area contributed by atoms with Crippen molar-refractivity contribution in [3.8, 4) is 0 Å². The van der Waals surface area contributed by atoms with Gasteiger partial charge in [0.2, 0.25) is 0 Å². The lowest BCUT2D eigenvalue weighted by Gasteiger charge is -2.36. The summed E-state index contributed by atoms with van der Waals surface area (Å²) >= 11 is 0. The van der Waals surface area contributed by atoms with Crippen LogP contribution in [0.25, 0.3) is 0 Å². The lowest BCUT2D eigenvalue weighted by Crippen LogP contribution is -2.47. The van der Waals surface area contributed by atoms with Gasteiger partial charge in [-0.1, -0.05) is 6.07 Å². The standard InChI is InChI=1S/C24H33N3O.C20H23F2N3O/c1-19-8-9-21(18-20(19)2)26-16-14-25(15-17-26)11-3-4-12-27-13-10-22-23(27)6-5-7-24(22)28;21-17-5-4-15(14-18(17)22)24-11-8-23(9-12-24)10-13-25-7-6-16-19(25)2-1-3-20(16)26/h8-10,13,18H,3-7,11-12,14-17H2,1-2H3;4-7,14H,1-3,8-13H2. The Morgan fingerprint density at radius 3 is 1.61 bits per heavy atom. The highest BCUT2D eigenvalue weighted by atomic mass is 19.2. The second-order valence-corrected chi connectivity index (χ2v) is 15.5. The molecule has 288 valence electrons. The van der Waals surface area contributed by atoms with Gasteiger partial charge in [0.05, 0.1) is 0 Å². The van der Waals surface area contributed by atoms with Crippen LogP contribution in [0.1, 0.15) is 81.8 Å². The van der Waals surface area contributed by atoms with Gasteiger partial charge in [0.15, 0.2) is 23.2 Å². The van der Waals surface area contributed by atoms with Crippen LogP contribution in [0.15, 0.2) is 60.9 Å². The van der Waals surface area contributed by atoms with Gasteiger partial charge in [-0.15, -0.1) is 0 Å². The van der Waals surface area contributed by atoms with Crippen molar-refractivity contribution in [1.82, 2.24) is 18.9 Å². The number of halogens is 2. The van der Waals surface area contributed by atoms with Gasteiger partial charge in [0.25, 0.3) is 0 Å². The first kappa shape index (κ1) is 38.0.